The number of fused-ring (bicyclic) bond motifs is 1. The lowest BCUT2D eigenvalue weighted by atomic mass is 10.1. The Morgan fingerprint density at radius 1 is 1.20 bits per heavy atom. The van der Waals surface area contributed by atoms with Gasteiger partial charge in [-0.05, 0) is 41.8 Å². The number of hydrogen-bond acceptors (Lipinski definition) is 2. The molecule has 0 amide bonds. The van der Waals surface area contributed by atoms with Gasteiger partial charge in [0.1, 0.15) is 11.6 Å². The van der Waals surface area contributed by atoms with Crippen molar-refractivity contribution < 1.29 is 9.13 Å². The van der Waals surface area contributed by atoms with Gasteiger partial charge in [-0.2, -0.15) is 0 Å². The number of hydrogen-bond donors (Lipinski definition) is 1. The van der Waals surface area contributed by atoms with Gasteiger partial charge in [0.2, 0.25) is 0 Å². The lowest BCUT2D eigenvalue weighted by molar-refractivity contribution is 0.357. The molecule has 0 saturated heterocycles. The fraction of sp³-hybridized carbons (Fsp3) is 0.250. The first-order chi connectivity index (χ1) is 9.72. The molecular weight excluding hydrogens is 321 g/mol. The van der Waals surface area contributed by atoms with Gasteiger partial charge in [-0.1, -0.05) is 28.1 Å². The average Bonchev–Trinajstić information content (AvgIpc) is 2.89. The Balaban J connectivity index is 1.60. The third kappa shape index (κ3) is 2.96. The number of ether oxygens (including phenoxy) is 1. The van der Waals surface area contributed by atoms with E-state index in [1.54, 1.807) is 6.07 Å². The molecule has 2 aromatic carbocycles. The second-order valence-corrected chi connectivity index (χ2v) is 5.76. The van der Waals surface area contributed by atoms with Crippen molar-refractivity contribution in [2.75, 3.05) is 18.5 Å². The monoisotopic (exact) mass is 335 g/mol. The van der Waals surface area contributed by atoms with Gasteiger partial charge in [0.15, 0.2) is 0 Å². The molecule has 0 radical (unpaired) electrons. The molecule has 1 N–H and O–H groups in total. The molecule has 1 aliphatic rings. The molecule has 0 aromatic heterocycles. The summed E-state index contributed by atoms with van der Waals surface area (Å²) in [5.74, 6) is 0.766. The lowest BCUT2D eigenvalue weighted by Crippen LogP contribution is -2.06. The van der Waals surface area contributed by atoms with Gasteiger partial charge in [-0.15, -0.1) is 0 Å². The first-order valence-corrected chi connectivity index (χ1v) is 7.45. The smallest absolute Gasteiger partial charge is 0.147 e. The van der Waals surface area contributed by atoms with Crippen LogP contribution in [0.2, 0.25) is 0 Å². The van der Waals surface area contributed by atoms with Crippen LogP contribution in [0.1, 0.15) is 11.1 Å². The highest BCUT2D eigenvalue weighted by atomic mass is 79.9. The van der Waals surface area contributed by atoms with Gasteiger partial charge in [0, 0.05) is 17.4 Å². The van der Waals surface area contributed by atoms with Gasteiger partial charge >= 0.3 is 0 Å². The van der Waals surface area contributed by atoms with Gasteiger partial charge in [0.05, 0.1) is 12.3 Å². The number of benzene rings is 2. The Labute approximate surface area is 126 Å². The van der Waals surface area contributed by atoms with Crippen LogP contribution in [0.5, 0.6) is 5.75 Å². The highest BCUT2D eigenvalue weighted by Gasteiger charge is 2.11. The summed E-state index contributed by atoms with van der Waals surface area (Å²) in [6.45, 7) is 1.49. The van der Waals surface area contributed by atoms with Crippen LogP contribution in [0, 0.1) is 5.82 Å². The number of anilines is 1. The molecule has 0 unspecified atom stereocenters. The molecule has 0 fully saturated rings. The van der Waals surface area contributed by atoms with E-state index in [1.807, 2.05) is 12.1 Å². The van der Waals surface area contributed by atoms with Crippen LogP contribution in [0.3, 0.4) is 0 Å². The summed E-state index contributed by atoms with van der Waals surface area (Å²) >= 11 is 3.25. The molecule has 4 heteroatoms. The molecule has 3 rings (SSSR count). The Bertz CT molecular complexity index is 630. The van der Waals surface area contributed by atoms with E-state index in [0.717, 1.165) is 29.7 Å². The molecule has 0 saturated carbocycles. The number of rotatable bonds is 4. The van der Waals surface area contributed by atoms with Crippen molar-refractivity contribution in [3.05, 3.63) is 57.8 Å². The maximum absolute atomic E-state index is 13.6. The number of nitrogens with one attached hydrogen (secondary N) is 1. The zero-order valence-electron chi connectivity index (χ0n) is 11.0. The summed E-state index contributed by atoms with van der Waals surface area (Å²) < 4.78 is 19.9. The van der Waals surface area contributed by atoms with E-state index in [0.29, 0.717) is 12.2 Å². The summed E-state index contributed by atoms with van der Waals surface area (Å²) in [6, 6.07) is 11.3. The van der Waals surface area contributed by atoms with E-state index < -0.39 is 0 Å². The third-order valence-electron chi connectivity index (χ3n) is 3.41. The Hall–Kier alpha value is -1.55. The first kappa shape index (κ1) is 13.4. The normalized spacial score (nSPS) is 12.9. The molecule has 0 spiro atoms. The molecule has 20 heavy (non-hydrogen) atoms. The maximum atomic E-state index is 13.6. The quantitative estimate of drug-likeness (QED) is 0.905. The Kier molecular flexibility index (Phi) is 3.92. The van der Waals surface area contributed by atoms with E-state index in [-0.39, 0.29) is 5.82 Å². The second kappa shape index (κ2) is 5.83. The zero-order valence-corrected chi connectivity index (χ0v) is 12.5. The minimum atomic E-state index is -0.235. The van der Waals surface area contributed by atoms with Gasteiger partial charge < -0.3 is 10.1 Å². The fourth-order valence-electron chi connectivity index (χ4n) is 2.37. The van der Waals surface area contributed by atoms with Crippen LogP contribution < -0.4 is 10.1 Å². The maximum Gasteiger partial charge on any atom is 0.147 e. The van der Waals surface area contributed by atoms with Crippen LogP contribution in [0.25, 0.3) is 0 Å². The predicted molar refractivity (Wildman–Crippen MR) is 81.9 cm³/mol. The van der Waals surface area contributed by atoms with Crippen molar-refractivity contribution >= 4 is 21.6 Å². The summed E-state index contributed by atoms with van der Waals surface area (Å²) in [4.78, 5) is 0. The molecule has 1 heterocycles. The Morgan fingerprint density at radius 2 is 2.10 bits per heavy atom. The van der Waals surface area contributed by atoms with Crippen molar-refractivity contribution in [3.63, 3.8) is 0 Å². The van der Waals surface area contributed by atoms with E-state index >= 15 is 0 Å². The zero-order chi connectivity index (χ0) is 13.9. The fourth-order valence-corrected chi connectivity index (χ4v) is 2.70. The molecule has 1 aliphatic heterocycles. The van der Waals surface area contributed by atoms with E-state index in [4.69, 9.17) is 4.74 Å². The van der Waals surface area contributed by atoms with Gasteiger partial charge in [0.25, 0.3) is 0 Å². The van der Waals surface area contributed by atoms with Crippen LogP contribution in [-0.2, 0) is 12.8 Å². The van der Waals surface area contributed by atoms with Crippen molar-refractivity contribution in [2.45, 2.75) is 12.8 Å². The van der Waals surface area contributed by atoms with Gasteiger partial charge in [-0.3, -0.25) is 0 Å². The first-order valence-electron chi connectivity index (χ1n) is 6.66. The summed E-state index contributed by atoms with van der Waals surface area (Å²) in [5.41, 5.74) is 3.06. The standard InChI is InChI=1S/C16H15BrFNO/c17-13-2-3-15(14(18)10-13)19-7-5-11-1-4-16-12(9-11)6-8-20-16/h1-4,9-10,19H,5-8H2. The molecule has 104 valence electrons. The predicted octanol–water partition coefficient (Wildman–Crippen LogP) is 4.18. The third-order valence-corrected chi connectivity index (χ3v) is 3.91. The van der Waals surface area contributed by atoms with Crippen LogP contribution in [0.15, 0.2) is 40.9 Å². The minimum Gasteiger partial charge on any atom is -0.493 e. The highest BCUT2D eigenvalue weighted by Crippen LogP contribution is 2.26. The van der Waals surface area contributed by atoms with E-state index in [2.05, 4.69) is 33.4 Å². The summed E-state index contributed by atoms with van der Waals surface area (Å²) in [5, 5.41) is 3.13. The van der Waals surface area contributed by atoms with Crippen LogP contribution >= 0.6 is 15.9 Å². The summed E-state index contributed by atoms with van der Waals surface area (Å²) in [6.07, 6.45) is 1.85. The Morgan fingerprint density at radius 3 is 2.95 bits per heavy atom. The molecule has 0 bridgehead atoms. The van der Waals surface area contributed by atoms with Gasteiger partial charge in [-0.25, -0.2) is 4.39 Å². The topological polar surface area (TPSA) is 21.3 Å². The highest BCUT2D eigenvalue weighted by molar-refractivity contribution is 9.10. The lowest BCUT2D eigenvalue weighted by Gasteiger charge is -2.08. The largest absolute Gasteiger partial charge is 0.493 e. The SMILES string of the molecule is Fc1cc(Br)ccc1NCCc1ccc2c(c1)CCO2. The van der Waals surface area contributed by atoms with E-state index in [9.17, 15) is 4.39 Å². The minimum absolute atomic E-state index is 0.235. The summed E-state index contributed by atoms with van der Waals surface area (Å²) in [7, 11) is 0. The van der Waals surface area contributed by atoms with E-state index in [1.165, 1.54) is 17.2 Å². The van der Waals surface area contributed by atoms with Crippen molar-refractivity contribution in [1.82, 2.24) is 0 Å². The van der Waals surface area contributed by atoms with Crippen LogP contribution in [0.4, 0.5) is 10.1 Å². The van der Waals surface area contributed by atoms with Crippen molar-refractivity contribution in [1.29, 1.82) is 0 Å². The molecule has 2 aromatic rings. The number of halogens is 2. The van der Waals surface area contributed by atoms with Crippen molar-refractivity contribution in [2.24, 2.45) is 0 Å². The molecule has 0 atom stereocenters. The second-order valence-electron chi connectivity index (χ2n) is 4.84. The van der Waals surface area contributed by atoms with Crippen molar-refractivity contribution in [3.8, 4) is 5.75 Å². The average molecular weight is 336 g/mol. The molecule has 2 nitrogen and oxygen atoms in total. The molecular formula is C16H15BrFNO. The van der Waals surface area contributed by atoms with Crippen LogP contribution in [-0.4, -0.2) is 13.2 Å². The molecule has 0 aliphatic carbocycles.